The minimum absolute atomic E-state index is 0.00881. The minimum Gasteiger partial charge on any atom is -0.423 e. The Kier molecular flexibility index (Phi) is 7.25. The normalized spacial score (nSPS) is 19.4. The molecule has 43 heavy (non-hydrogen) atoms. The standard InChI is InChI=1S/C29H22BCl3F3N3O4/c1-27(2)18-7-5-15(10-19(18)30(41)42-27)14-37-26(40)17-6-8-24(39-9-3-4-23(17)39)22-13-28(43-38-22,29(34,35)36)16-11-20(31)25(33)21(32)12-16/h3-12,41H,13-14H2,1-2H3,(H,37,40). The zero-order chi connectivity index (χ0) is 30.9. The molecule has 0 saturated heterocycles. The third kappa shape index (κ3) is 4.97. The number of nitrogens with zero attached hydrogens (tertiary/aromatic N) is 2. The molecule has 0 fully saturated rings. The summed E-state index contributed by atoms with van der Waals surface area (Å²) in [6.45, 7) is 3.91. The molecule has 2 aromatic heterocycles. The Labute approximate surface area is 259 Å². The fourth-order valence-electron chi connectivity index (χ4n) is 5.55. The number of nitrogens with one attached hydrogen (secondary N) is 1. The average molecular weight is 651 g/mol. The van der Waals surface area contributed by atoms with Crippen LogP contribution in [0.3, 0.4) is 0 Å². The summed E-state index contributed by atoms with van der Waals surface area (Å²) in [6, 6.07) is 14.0. The van der Waals surface area contributed by atoms with Crippen LogP contribution in [0.2, 0.25) is 15.1 Å². The number of aromatic nitrogens is 1. The number of alkyl halides is 3. The number of carbonyl (C=O) groups is 1. The SMILES string of the molecule is CC1(C)OB(O)c2cc(CNC(=O)c3ccc(C4=NOC(c5cc(Cl)c(Cl)c(Cl)c5)(C(F)(F)F)C4)n4cccc34)ccc21. The van der Waals surface area contributed by atoms with Crippen LogP contribution in [-0.2, 0) is 27.2 Å². The van der Waals surface area contributed by atoms with E-state index in [9.17, 15) is 23.0 Å². The largest absolute Gasteiger partial charge is 0.492 e. The zero-order valence-corrected chi connectivity index (χ0v) is 24.9. The molecule has 0 bridgehead atoms. The first-order valence-corrected chi connectivity index (χ1v) is 14.2. The van der Waals surface area contributed by atoms with Crippen LogP contribution in [0.25, 0.3) is 5.52 Å². The number of benzene rings is 2. The van der Waals surface area contributed by atoms with E-state index in [2.05, 4.69) is 10.5 Å². The molecule has 222 valence electrons. The minimum atomic E-state index is -4.89. The maximum Gasteiger partial charge on any atom is 0.492 e. The molecule has 2 aromatic carbocycles. The van der Waals surface area contributed by atoms with Crippen LogP contribution in [0.5, 0.6) is 0 Å². The van der Waals surface area contributed by atoms with Crippen molar-refractivity contribution in [2.24, 2.45) is 5.16 Å². The molecule has 2 aliphatic rings. The molecule has 0 spiro atoms. The van der Waals surface area contributed by atoms with Gasteiger partial charge in [-0.25, -0.2) is 0 Å². The summed E-state index contributed by atoms with van der Waals surface area (Å²) in [5, 5.41) is 16.6. The lowest BCUT2D eigenvalue weighted by Gasteiger charge is -2.30. The molecular formula is C29H22BCl3F3N3O4. The summed E-state index contributed by atoms with van der Waals surface area (Å²) in [5.74, 6) is -0.396. The number of fused-ring (bicyclic) bond motifs is 2. The molecule has 1 amide bonds. The third-order valence-electron chi connectivity index (χ3n) is 7.76. The van der Waals surface area contributed by atoms with Gasteiger partial charge in [0.2, 0.25) is 0 Å². The van der Waals surface area contributed by atoms with Crippen molar-refractivity contribution < 1.29 is 32.5 Å². The molecule has 2 aliphatic heterocycles. The number of pyridine rings is 1. The van der Waals surface area contributed by atoms with Crippen molar-refractivity contribution in [1.82, 2.24) is 9.72 Å². The van der Waals surface area contributed by atoms with Crippen LogP contribution in [0.1, 0.15) is 53.0 Å². The number of hydrogen-bond acceptors (Lipinski definition) is 5. The van der Waals surface area contributed by atoms with Crippen LogP contribution in [-0.4, -0.2) is 34.3 Å². The maximum absolute atomic E-state index is 14.5. The average Bonchev–Trinajstić information content (AvgIpc) is 3.66. The molecule has 6 rings (SSSR count). The van der Waals surface area contributed by atoms with Crippen LogP contribution < -0.4 is 10.8 Å². The summed E-state index contributed by atoms with van der Waals surface area (Å²) in [6.07, 6.45) is -3.94. The molecular weight excluding hydrogens is 629 g/mol. The molecule has 4 aromatic rings. The first kappa shape index (κ1) is 29.8. The molecule has 0 saturated carbocycles. The van der Waals surface area contributed by atoms with Gasteiger partial charge < -0.3 is 24.2 Å². The van der Waals surface area contributed by atoms with Gasteiger partial charge in [0.25, 0.3) is 11.5 Å². The smallest absolute Gasteiger partial charge is 0.423 e. The van der Waals surface area contributed by atoms with Crippen LogP contribution in [0, 0.1) is 0 Å². The van der Waals surface area contributed by atoms with Gasteiger partial charge in [0.1, 0.15) is 5.71 Å². The summed E-state index contributed by atoms with van der Waals surface area (Å²) in [7, 11) is -1.05. The lowest BCUT2D eigenvalue weighted by Crippen LogP contribution is -2.42. The summed E-state index contributed by atoms with van der Waals surface area (Å²) in [4.78, 5) is 18.4. The van der Waals surface area contributed by atoms with Crippen LogP contribution in [0.15, 0.2) is 65.9 Å². The highest BCUT2D eigenvalue weighted by Crippen LogP contribution is 2.50. The van der Waals surface area contributed by atoms with Gasteiger partial charge in [0, 0.05) is 18.3 Å². The van der Waals surface area contributed by atoms with Gasteiger partial charge in [-0.05, 0) is 66.8 Å². The molecule has 4 heterocycles. The Morgan fingerprint density at radius 1 is 1.12 bits per heavy atom. The van der Waals surface area contributed by atoms with Gasteiger partial charge in [0.15, 0.2) is 0 Å². The quantitative estimate of drug-likeness (QED) is 0.195. The molecule has 0 radical (unpaired) electrons. The van der Waals surface area contributed by atoms with Gasteiger partial charge in [-0.1, -0.05) is 58.2 Å². The maximum atomic E-state index is 14.5. The second-order valence-electron chi connectivity index (χ2n) is 10.9. The number of oxime groups is 1. The highest BCUT2D eigenvalue weighted by Gasteiger charge is 2.62. The van der Waals surface area contributed by atoms with Gasteiger partial charge in [-0.3, -0.25) is 4.79 Å². The molecule has 2 N–H and O–H groups in total. The van der Waals surface area contributed by atoms with Crippen molar-refractivity contribution >= 4 is 64.5 Å². The van der Waals surface area contributed by atoms with E-state index in [0.717, 1.165) is 23.3 Å². The van der Waals surface area contributed by atoms with E-state index >= 15 is 0 Å². The topological polar surface area (TPSA) is 84.6 Å². The van der Waals surface area contributed by atoms with Crippen molar-refractivity contribution in [2.45, 2.75) is 44.2 Å². The first-order chi connectivity index (χ1) is 20.2. The van der Waals surface area contributed by atoms with Gasteiger partial charge in [0.05, 0.1) is 43.9 Å². The van der Waals surface area contributed by atoms with Crippen molar-refractivity contribution in [2.75, 3.05) is 0 Å². The van der Waals surface area contributed by atoms with E-state index in [1.807, 2.05) is 26.0 Å². The first-order valence-electron chi connectivity index (χ1n) is 13.1. The van der Waals surface area contributed by atoms with E-state index < -0.39 is 36.8 Å². The third-order valence-corrected chi connectivity index (χ3v) is 8.96. The summed E-state index contributed by atoms with van der Waals surface area (Å²) < 4.78 is 50.8. The fraction of sp³-hybridized carbons (Fsp3) is 0.241. The lowest BCUT2D eigenvalue weighted by molar-refractivity contribution is -0.275. The monoisotopic (exact) mass is 649 g/mol. The number of rotatable bonds is 5. The second-order valence-corrected chi connectivity index (χ2v) is 12.1. The van der Waals surface area contributed by atoms with Crippen LogP contribution >= 0.6 is 34.8 Å². The number of hydrogen-bond donors (Lipinski definition) is 2. The van der Waals surface area contributed by atoms with Crippen LogP contribution in [0.4, 0.5) is 13.2 Å². The highest BCUT2D eigenvalue weighted by atomic mass is 35.5. The Hall–Kier alpha value is -3.22. The molecule has 1 atom stereocenters. The van der Waals surface area contributed by atoms with Crippen molar-refractivity contribution in [3.63, 3.8) is 0 Å². The van der Waals surface area contributed by atoms with E-state index in [4.69, 9.17) is 44.3 Å². The molecule has 1 unspecified atom stereocenters. The summed E-state index contributed by atoms with van der Waals surface area (Å²) in [5.41, 5.74) is -0.452. The number of carbonyl (C=O) groups excluding carboxylic acids is 1. The Balaban J connectivity index is 1.26. The predicted molar refractivity (Wildman–Crippen MR) is 158 cm³/mol. The molecule has 14 heteroatoms. The van der Waals surface area contributed by atoms with E-state index in [1.165, 1.54) is 12.1 Å². The second kappa shape index (κ2) is 10.5. The molecule has 7 nitrogen and oxygen atoms in total. The van der Waals surface area contributed by atoms with Gasteiger partial charge in [-0.15, -0.1) is 0 Å². The van der Waals surface area contributed by atoms with Crippen molar-refractivity contribution in [3.8, 4) is 0 Å². The Morgan fingerprint density at radius 2 is 1.84 bits per heavy atom. The van der Waals surface area contributed by atoms with E-state index in [0.29, 0.717) is 22.2 Å². The number of halogens is 6. The predicted octanol–water partition coefficient (Wildman–Crippen LogP) is 6.36. The van der Waals surface area contributed by atoms with Gasteiger partial charge in [-0.2, -0.15) is 13.2 Å². The molecule has 0 aliphatic carbocycles. The van der Waals surface area contributed by atoms with Crippen molar-refractivity contribution in [3.05, 3.63) is 104 Å². The zero-order valence-electron chi connectivity index (χ0n) is 22.6. The van der Waals surface area contributed by atoms with E-state index in [1.54, 1.807) is 28.8 Å². The Bertz CT molecular complexity index is 1800. The summed E-state index contributed by atoms with van der Waals surface area (Å²) >= 11 is 18.1. The van der Waals surface area contributed by atoms with E-state index in [-0.39, 0.29) is 32.9 Å². The Morgan fingerprint density at radius 3 is 2.53 bits per heavy atom. The van der Waals surface area contributed by atoms with Gasteiger partial charge >= 0.3 is 13.3 Å². The lowest BCUT2D eigenvalue weighted by atomic mass is 9.77. The fourth-order valence-corrected chi connectivity index (χ4v) is 6.15. The van der Waals surface area contributed by atoms with Crippen molar-refractivity contribution in [1.29, 1.82) is 0 Å². The highest BCUT2D eigenvalue weighted by molar-refractivity contribution is 6.62. The number of amides is 1.